The Kier molecular flexibility index (Phi) is 9.46. The second kappa shape index (κ2) is 12.5. The van der Waals surface area contributed by atoms with E-state index in [9.17, 15) is 8.78 Å². The largest absolute Gasteiger partial charge is 0.203 e. The van der Waals surface area contributed by atoms with E-state index >= 15 is 0 Å². The molecule has 0 aromatic heterocycles. The number of benzene rings is 2. The van der Waals surface area contributed by atoms with Crippen LogP contribution in [0.4, 0.5) is 8.78 Å². The summed E-state index contributed by atoms with van der Waals surface area (Å²) < 4.78 is 29.5. The highest BCUT2D eigenvalue weighted by atomic mass is 19.2. The highest BCUT2D eigenvalue weighted by Crippen LogP contribution is 2.29. The van der Waals surface area contributed by atoms with Crippen LogP contribution in [0.1, 0.15) is 69.4 Å². The molecule has 1 aliphatic carbocycles. The predicted molar refractivity (Wildman–Crippen MR) is 133 cm³/mol. The first-order valence-corrected chi connectivity index (χ1v) is 12.1. The molecule has 32 heavy (non-hydrogen) atoms. The predicted octanol–water partition coefficient (Wildman–Crippen LogP) is 9.16. The number of halogens is 2. The zero-order valence-corrected chi connectivity index (χ0v) is 19.4. The Balaban J connectivity index is 1.56. The first-order valence-electron chi connectivity index (χ1n) is 12.1. The van der Waals surface area contributed by atoms with Crippen LogP contribution in [-0.2, 0) is 12.8 Å². The minimum atomic E-state index is -0.744. The van der Waals surface area contributed by atoms with E-state index in [2.05, 4.69) is 31.7 Å². The summed E-state index contributed by atoms with van der Waals surface area (Å²) in [5, 5.41) is 0. The molecule has 0 saturated heterocycles. The quantitative estimate of drug-likeness (QED) is 0.244. The third kappa shape index (κ3) is 6.76. The monoisotopic (exact) mass is 434 g/mol. The zero-order chi connectivity index (χ0) is 22.8. The standard InChI is InChI=1S/C30H36F2/c1-3-5-6-10-25-17-19-26(20-18-25)28-22-21-27(29(31)30(28)32)12-8-7-11-24-15-13-23(9-4-2)14-16-24/h3,7,11,13,17-22,24H,1,4-6,8-10,12,14-16H2,2H3. The lowest BCUT2D eigenvalue weighted by Crippen LogP contribution is -2.03. The maximum atomic E-state index is 14.8. The first-order chi connectivity index (χ1) is 15.6. The molecule has 0 heterocycles. The maximum Gasteiger partial charge on any atom is 0.166 e. The van der Waals surface area contributed by atoms with Crippen LogP contribution in [0.3, 0.4) is 0 Å². The summed E-state index contributed by atoms with van der Waals surface area (Å²) in [7, 11) is 0. The van der Waals surface area contributed by atoms with Crippen molar-refractivity contribution in [3.63, 3.8) is 0 Å². The Morgan fingerprint density at radius 1 is 0.969 bits per heavy atom. The van der Waals surface area contributed by atoms with E-state index in [4.69, 9.17) is 0 Å². The lowest BCUT2D eigenvalue weighted by atomic mass is 9.87. The van der Waals surface area contributed by atoms with Crippen LogP contribution < -0.4 is 0 Å². The summed E-state index contributed by atoms with van der Waals surface area (Å²) in [6, 6.07) is 11.2. The molecule has 0 amide bonds. The molecular weight excluding hydrogens is 398 g/mol. The Morgan fingerprint density at radius 3 is 2.47 bits per heavy atom. The van der Waals surface area contributed by atoms with E-state index in [1.165, 1.54) is 31.2 Å². The summed E-state index contributed by atoms with van der Waals surface area (Å²) >= 11 is 0. The van der Waals surface area contributed by atoms with E-state index < -0.39 is 11.6 Å². The molecule has 0 nitrogen and oxygen atoms in total. The van der Waals surface area contributed by atoms with E-state index in [1.54, 1.807) is 17.7 Å². The summed E-state index contributed by atoms with van der Waals surface area (Å²) in [4.78, 5) is 0. The lowest BCUT2D eigenvalue weighted by molar-refractivity contribution is 0.501. The average molecular weight is 435 g/mol. The molecule has 1 atom stereocenters. The fourth-order valence-corrected chi connectivity index (χ4v) is 4.47. The van der Waals surface area contributed by atoms with Crippen molar-refractivity contribution in [2.24, 2.45) is 5.92 Å². The third-order valence-corrected chi connectivity index (χ3v) is 6.41. The Hall–Kier alpha value is -2.48. The molecule has 2 aromatic carbocycles. The zero-order valence-electron chi connectivity index (χ0n) is 19.4. The second-order valence-corrected chi connectivity index (χ2v) is 8.89. The van der Waals surface area contributed by atoms with Crippen molar-refractivity contribution in [2.45, 2.75) is 71.1 Å². The number of unbranched alkanes of at least 4 members (excludes halogenated alkanes) is 1. The molecule has 170 valence electrons. The maximum absolute atomic E-state index is 14.8. The molecule has 0 N–H and O–H groups in total. The summed E-state index contributed by atoms with van der Waals surface area (Å²) in [5.41, 5.74) is 4.29. The van der Waals surface area contributed by atoms with Gasteiger partial charge in [0.15, 0.2) is 11.6 Å². The molecule has 0 spiro atoms. The fraction of sp³-hybridized carbons (Fsp3) is 0.400. The minimum Gasteiger partial charge on any atom is -0.203 e. The van der Waals surface area contributed by atoms with Crippen LogP contribution in [-0.4, -0.2) is 0 Å². The molecule has 2 aromatic rings. The number of aryl methyl sites for hydroxylation is 2. The smallest absolute Gasteiger partial charge is 0.166 e. The summed E-state index contributed by atoms with van der Waals surface area (Å²) in [5.74, 6) is -0.873. The lowest BCUT2D eigenvalue weighted by Gasteiger charge is -2.18. The van der Waals surface area contributed by atoms with Crippen molar-refractivity contribution in [1.29, 1.82) is 0 Å². The van der Waals surface area contributed by atoms with Gasteiger partial charge in [0.05, 0.1) is 0 Å². The first kappa shape index (κ1) is 24.2. The molecule has 0 aliphatic heterocycles. The summed E-state index contributed by atoms with van der Waals surface area (Å²) in [6.07, 6.45) is 18.9. The van der Waals surface area contributed by atoms with Crippen molar-refractivity contribution in [2.75, 3.05) is 0 Å². The van der Waals surface area contributed by atoms with Gasteiger partial charge < -0.3 is 0 Å². The highest BCUT2D eigenvalue weighted by Gasteiger charge is 2.15. The number of rotatable bonds is 11. The molecule has 1 unspecified atom stereocenters. The molecule has 0 fully saturated rings. The molecule has 0 bridgehead atoms. The highest BCUT2D eigenvalue weighted by molar-refractivity contribution is 5.65. The van der Waals surface area contributed by atoms with E-state index in [0.717, 1.165) is 32.1 Å². The molecule has 0 radical (unpaired) electrons. The van der Waals surface area contributed by atoms with Crippen molar-refractivity contribution >= 4 is 0 Å². The van der Waals surface area contributed by atoms with Gasteiger partial charge in [0, 0.05) is 5.56 Å². The van der Waals surface area contributed by atoms with Crippen molar-refractivity contribution < 1.29 is 8.78 Å². The van der Waals surface area contributed by atoms with Gasteiger partial charge in [0.2, 0.25) is 0 Å². The van der Waals surface area contributed by atoms with Crippen molar-refractivity contribution in [3.8, 4) is 11.1 Å². The van der Waals surface area contributed by atoms with Gasteiger partial charge in [0.25, 0.3) is 0 Å². The third-order valence-electron chi connectivity index (χ3n) is 6.41. The van der Waals surface area contributed by atoms with Crippen LogP contribution in [0.2, 0.25) is 0 Å². The minimum absolute atomic E-state index is 0.330. The van der Waals surface area contributed by atoms with E-state index in [0.29, 0.717) is 29.0 Å². The van der Waals surface area contributed by atoms with Gasteiger partial charge in [-0.25, -0.2) is 8.78 Å². The Bertz CT molecular complexity index is 934. The van der Waals surface area contributed by atoms with Gasteiger partial charge in [-0.1, -0.05) is 79.6 Å². The van der Waals surface area contributed by atoms with E-state index in [-0.39, 0.29) is 0 Å². The molecule has 0 saturated carbocycles. The van der Waals surface area contributed by atoms with Gasteiger partial charge in [0.1, 0.15) is 0 Å². The molecule has 1 aliphatic rings. The van der Waals surface area contributed by atoms with Gasteiger partial charge in [-0.15, -0.1) is 6.58 Å². The number of allylic oxidation sites excluding steroid dienone is 5. The van der Waals surface area contributed by atoms with Crippen LogP contribution in [0.15, 0.2) is 72.9 Å². The molecular formula is C30H36F2. The number of hydrogen-bond acceptors (Lipinski definition) is 0. The van der Waals surface area contributed by atoms with Crippen LogP contribution in [0, 0.1) is 17.6 Å². The SMILES string of the molecule is C=CCCCc1ccc(-c2ccc(CCC=CC3CC=C(CCC)CC3)c(F)c2F)cc1. The van der Waals surface area contributed by atoms with Gasteiger partial charge in [-0.3, -0.25) is 0 Å². The Labute approximate surface area is 192 Å². The van der Waals surface area contributed by atoms with Crippen LogP contribution in [0.25, 0.3) is 11.1 Å². The average Bonchev–Trinajstić information content (AvgIpc) is 2.81. The van der Waals surface area contributed by atoms with Crippen molar-refractivity contribution in [3.05, 3.63) is 95.6 Å². The second-order valence-electron chi connectivity index (χ2n) is 8.89. The Morgan fingerprint density at radius 2 is 1.78 bits per heavy atom. The molecule has 2 heteroatoms. The van der Waals surface area contributed by atoms with Gasteiger partial charge in [-0.2, -0.15) is 0 Å². The summed E-state index contributed by atoms with van der Waals surface area (Å²) in [6.45, 7) is 5.97. The van der Waals surface area contributed by atoms with Crippen LogP contribution in [0.5, 0.6) is 0 Å². The topological polar surface area (TPSA) is 0 Å². The van der Waals surface area contributed by atoms with Crippen molar-refractivity contribution in [1.82, 2.24) is 0 Å². The van der Waals surface area contributed by atoms with Gasteiger partial charge >= 0.3 is 0 Å². The fourth-order valence-electron chi connectivity index (χ4n) is 4.47. The van der Waals surface area contributed by atoms with E-state index in [1.807, 2.05) is 30.3 Å². The van der Waals surface area contributed by atoms with Gasteiger partial charge in [-0.05, 0) is 80.4 Å². The van der Waals surface area contributed by atoms with Crippen LogP contribution >= 0.6 is 0 Å². The normalized spacial score (nSPS) is 16.3. The molecule has 3 rings (SSSR count). The number of hydrogen-bond donors (Lipinski definition) is 0.